The summed E-state index contributed by atoms with van der Waals surface area (Å²) in [4.78, 5) is 13.1. The Morgan fingerprint density at radius 3 is 2.85 bits per heavy atom. The Morgan fingerprint density at radius 2 is 2.08 bits per heavy atom. The Kier molecular flexibility index (Phi) is 2.98. The summed E-state index contributed by atoms with van der Waals surface area (Å²) < 4.78 is 7.03. The number of aromatic nitrogens is 4. The molecule has 1 atom stereocenters. The van der Waals surface area contributed by atoms with Crippen molar-refractivity contribution < 1.29 is 9.63 Å². The number of aliphatic imine (C=N–C) groups is 1. The molecular formula is C16H14ClN7O2. The van der Waals surface area contributed by atoms with Gasteiger partial charge in [0.05, 0.1) is 11.9 Å². The average molecular weight is 372 g/mol. The van der Waals surface area contributed by atoms with Crippen LogP contribution in [0.25, 0.3) is 5.69 Å². The second kappa shape index (κ2) is 5.05. The second-order valence-corrected chi connectivity index (χ2v) is 6.90. The molecule has 2 aliphatic heterocycles. The van der Waals surface area contributed by atoms with Crippen molar-refractivity contribution >= 4 is 29.7 Å². The number of anilines is 2. The van der Waals surface area contributed by atoms with Crippen LogP contribution in [0.15, 0.2) is 40.0 Å². The zero-order valence-electron chi connectivity index (χ0n) is 13.9. The summed E-state index contributed by atoms with van der Waals surface area (Å²) in [5, 5.41) is 17.9. The third-order valence-corrected chi connectivity index (χ3v) is 4.58. The third kappa shape index (κ3) is 2.01. The van der Waals surface area contributed by atoms with Crippen LogP contribution in [-0.4, -0.2) is 31.1 Å². The number of imidazole rings is 1. The Hall–Kier alpha value is -2.91. The highest BCUT2D eigenvalue weighted by Crippen LogP contribution is 2.44. The minimum absolute atomic E-state index is 0.119. The number of nitrogens with zero attached hydrogens (tertiary/aromatic N) is 7. The molecule has 26 heavy (non-hydrogen) atoms. The van der Waals surface area contributed by atoms with Crippen LogP contribution >= 0.6 is 11.6 Å². The number of hydrazine groups is 1. The minimum atomic E-state index is -1.24. The van der Waals surface area contributed by atoms with E-state index in [9.17, 15) is 5.11 Å². The largest absolute Gasteiger partial charge is 0.381 e. The monoisotopic (exact) mass is 371 g/mol. The molecule has 10 heteroatoms. The van der Waals surface area contributed by atoms with Gasteiger partial charge in [0, 0.05) is 5.56 Å². The first-order chi connectivity index (χ1) is 12.4. The molecule has 0 spiro atoms. The van der Waals surface area contributed by atoms with E-state index in [1.807, 2.05) is 33.8 Å². The van der Waals surface area contributed by atoms with Crippen molar-refractivity contribution in [1.82, 2.24) is 19.7 Å². The first-order valence-corrected chi connectivity index (χ1v) is 8.34. The molecule has 0 bridgehead atoms. The number of rotatable bonds is 2. The second-order valence-electron chi connectivity index (χ2n) is 6.57. The lowest BCUT2D eigenvalue weighted by Gasteiger charge is -2.36. The Balaban J connectivity index is 1.64. The third-order valence-electron chi connectivity index (χ3n) is 4.32. The molecule has 3 aromatic rings. The van der Waals surface area contributed by atoms with Gasteiger partial charge in [0.2, 0.25) is 5.28 Å². The highest BCUT2D eigenvalue weighted by atomic mass is 35.5. The van der Waals surface area contributed by atoms with Crippen LogP contribution in [0.1, 0.15) is 31.5 Å². The van der Waals surface area contributed by atoms with Crippen LogP contribution in [-0.2, 0) is 5.60 Å². The topological polar surface area (TPSA) is 95.8 Å². The smallest absolute Gasteiger partial charge is 0.290 e. The molecule has 0 aliphatic carbocycles. The summed E-state index contributed by atoms with van der Waals surface area (Å²) in [6.45, 7) is 3.16. The van der Waals surface area contributed by atoms with Crippen molar-refractivity contribution in [3.8, 4) is 5.69 Å². The van der Waals surface area contributed by atoms with Crippen molar-refractivity contribution in [2.45, 2.75) is 25.6 Å². The van der Waals surface area contributed by atoms with Gasteiger partial charge in [-0.25, -0.2) is 20.0 Å². The maximum atomic E-state index is 10.1. The highest BCUT2D eigenvalue weighted by molar-refractivity contribution is 6.29. The first kappa shape index (κ1) is 15.4. The van der Waals surface area contributed by atoms with Gasteiger partial charge in [0.15, 0.2) is 12.0 Å². The molecule has 4 heterocycles. The van der Waals surface area contributed by atoms with Crippen LogP contribution in [0, 0.1) is 0 Å². The Morgan fingerprint density at radius 1 is 1.27 bits per heavy atom. The van der Waals surface area contributed by atoms with Crippen molar-refractivity contribution in [1.29, 1.82) is 0 Å². The maximum Gasteiger partial charge on any atom is 0.290 e. The van der Waals surface area contributed by atoms with E-state index in [1.54, 1.807) is 31.4 Å². The fourth-order valence-corrected chi connectivity index (χ4v) is 3.36. The molecule has 2 aromatic heterocycles. The fraction of sp³-hybridized carbons (Fsp3) is 0.250. The van der Waals surface area contributed by atoms with Gasteiger partial charge in [-0.3, -0.25) is 4.57 Å². The fourth-order valence-electron chi connectivity index (χ4n) is 3.13. The van der Waals surface area contributed by atoms with E-state index in [2.05, 4.69) is 20.1 Å². The van der Waals surface area contributed by atoms with Crippen LogP contribution in [0.3, 0.4) is 0 Å². The molecule has 1 aromatic carbocycles. The van der Waals surface area contributed by atoms with Crippen molar-refractivity contribution in [2.24, 2.45) is 4.99 Å². The summed E-state index contributed by atoms with van der Waals surface area (Å²) >= 11 is 6.32. The Bertz CT molecular complexity index is 1040. The predicted octanol–water partition coefficient (Wildman–Crippen LogP) is 2.42. The molecule has 0 radical (unpaired) electrons. The van der Waals surface area contributed by atoms with E-state index in [0.717, 1.165) is 17.1 Å². The lowest BCUT2D eigenvalue weighted by atomic mass is 10.1. The lowest BCUT2D eigenvalue weighted by Crippen LogP contribution is -2.43. The molecule has 132 valence electrons. The van der Waals surface area contributed by atoms with E-state index in [-0.39, 0.29) is 18.0 Å². The van der Waals surface area contributed by atoms with Crippen molar-refractivity contribution in [2.75, 3.05) is 10.0 Å². The van der Waals surface area contributed by atoms with Crippen molar-refractivity contribution in [3.05, 3.63) is 47.2 Å². The lowest BCUT2D eigenvalue weighted by molar-refractivity contribution is 0.0420. The molecule has 1 unspecified atom stereocenters. The number of aliphatic hydroxyl groups is 1. The number of benzene rings is 1. The SMILES string of the molecule is CC(C)(O)c1nc(N2C=NC3c4ccccc4-n4c(cnc4Cl)N32)no1. The van der Waals surface area contributed by atoms with Crippen LogP contribution in [0.4, 0.5) is 11.8 Å². The predicted molar refractivity (Wildman–Crippen MR) is 94.3 cm³/mol. The Labute approximate surface area is 153 Å². The molecular weight excluding hydrogens is 358 g/mol. The minimum Gasteiger partial charge on any atom is -0.381 e. The highest BCUT2D eigenvalue weighted by Gasteiger charge is 2.41. The van der Waals surface area contributed by atoms with Gasteiger partial charge >= 0.3 is 0 Å². The van der Waals surface area contributed by atoms with E-state index in [4.69, 9.17) is 16.1 Å². The standard InChI is InChI=1S/C16H14ClN7O2/c1-16(2,25)13-20-15(21-26-13)22-8-19-12-9-5-3-4-6-10(9)23-11(24(12)22)7-18-14(23)17/h3-8,12,25H,1-2H3. The molecule has 0 fully saturated rings. The molecule has 0 amide bonds. The van der Waals surface area contributed by atoms with E-state index in [1.165, 1.54) is 0 Å². The van der Waals surface area contributed by atoms with Gasteiger partial charge in [-0.1, -0.05) is 18.2 Å². The molecule has 5 rings (SSSR count). The zero-order valence-corrected chi connectivity index (χ0v) is 14.7. The van der Waals surface area contributed by atoms with Gasteiger partial charge in [-0.05, 0) is 36.7 Å². The maximum absolute atomic E-state index is 10.1. The molecule has 9 nitrogen and oxygen atoms in total. The number of hydrogen-bond donors (Lipinski definition) is 1. The van der Waals surface area contributed by atoms with Crippen LogP contribution in [0.5, 0.6) is 0 Å². The summed E-state index contributed by atoms with van der Waals surface area (Å²) in [5.41, 5.74) is 0.668. The zero-order chi connectivity index (χ0) is 18.1. The van der Waals surface area contributed by atoms with Gasteiger partial charge in [0.25, 0.3) is 11.8 Å². The van der Waals surface area contributed by atoms with Crippen LogP contribution in [0.2, 0.25) is 5.28 Å². The summed E-state index contributed by atoms with van der Waals surface area (Å²) in [6, 6.07) is 7.86. The van der Waals surface area contributed by atoms with Crippen LogP contribution < -0.4 is 10.0 Å². The van der Waals surface area contributed by atoms with E-state index < -0.39 is 5.60 Å². The van der Waals surface area contributed by atoms with Gasteiger partial charge in [-0.2, -0.15) is 4.98 Å². The molecule has 0 saturated carbocycles. The van der Waals surface area contributed by atoms with Gasteiger partial charge in [0.1, 0.15) is 11.9 Å². The summed E-state index contributed by atoms with van der Waals surface area (Å²) in [5.74, 6) is 1.11. The first-order valence-electron chi connectivity index (χ1n) is 7.96. The normalized spacial score (nSPS) is 18.1. The number of hydrogen-bond acceptors (Lipinski definition) is 8. The van der Waals surface area contributed by atoms with Crippen molar-refractivity contribution in [3.63, 3.8) is 0 Å². The van der Waals surface area contributed by atoms with E-state index in [0.29, 0.717) is 5.28 Å². The van der Waals surface area contributed by atoms with E-state index >= 15 is 0 Å². The van der Waals surface area contributed by atoms with Gasteiger partial charge < -0.3 is 9.63 Å². The molecule has 1 N–H and O–H groups in total. The number of halogens is 1. The molecule has 2 aliphatic rings. The van der Waals surface area contributed by atoms with Gasteiger partial charge in [-0.15, -0.1) is 0 Å². The summed E-state index contributed by atoms with van der Waals surface area (Å²) in [7, 11) is 0. The quantitative estimate of drug-likeness (QED) is 0.738. The summed E-state index contributed by atoms with van der Waals surface area (Å²) in [6.07, 6.45) is 3.00. The molecule has 0 saturated heterocycles. The number of para-hydroxylation sites is 1. The average Bonchev–Trinajstić information content (AvgIpc) is 3.31. The number of fused-ring (bicyclic) bond motifs is 6.